The third kappa shape index (κ3) is 5.11. The van der Waals surface area contributed by atoms with Crippen LogP contribution in [0.4, 0.5) is 16.4 Å². The maximum absolute atomic E-state index is 12.2. The number of amides is 1. The Kier molecular flexibility index (Phi) is 6.42. The Morgan fingerprint density at radius 2 is 1.74 bits per heavy atom. The first-order valence-electron chi connectivity index (χ1n) is 12.7. The van der Waals surface area contributed by atoms with Gasteiger partial charge in [-0.15, -0.1) is 0 Å². The van der Waals surface area contributed by atoms with Gasteiger partial charge in [0.25, 0.3) is 0 Å². The lowest BCUT2D eigenvalue weighted by molar-refractivity contribution is 0.00819. The Morgan fingerprint density at radius 3 is 2.37 bits per heavy atom. The average molecular weight is 515 g/mol. The van der Waals surface area contributed by atoms with E-state index in [1.165, 1.54) is 11.9 Å². The number of aromatic nitrogens is 6. The molecule has 4 heterocycles. The minimum absolute atomic E-state index is 0.250. The van der Waals surface area contributed by atoms with Crippen LogP contribution in [0.25, 0.3) is 17.1 Å². The number of anilines is 2. The summed E-state index contributed by atoms with van der Waals surface area (Å²) in [7, 11) is 1.91. The Hall–Kier alpha value is -4.21. The van der Waals surface area contributed by atoms with Gasteiger partial charge in [-0.25, -0.2) is 19.4 Å². The van der Waals surface area contributed by atoms with Crippen molar-refractivity contribution in [2.75, 3.05) is 18.4 Å². The summed E-state index contributed by atoms with van der Waals surface area (Å²) in [5, 5.41) is 12.7. The van der Waals surface area contributed by atoms with Gasteiger partial charge in [0.1, 0.15) is 23.6 Å². The van der Waals surface area contributed by atoms with Gasteiger partial charge >= 0.3 is 6.09 Å². The Bertz CT molecular complexity index is 1470. The van der Waals surface area contributed by atoms with Crippen LogP contribution in [0.1, 0.15) is 49.2 Å². The van der Waals surface area contributed by atoms with Crippen molar-refractivity contribution >= 4 is 17.7 Å². The highest BCUT2D eigenvalue weighted by molar-refractivity contribution is 5.72. The maximum Gasteiger partial charge on any atom is 0.410 e. The fourth-order valence-electron chi connectivity index (χ4n) is 4.67. The molecular weight excluding hydrogens is 480 g/mol. The molecule has 0 spiro atoms. The second-order valence-corrected chi connectivity index (χ2v) is 10.9. The summed E-state index contributed by atoms with van der Waals surface area (Å²) in [6.07, 6.45) is 1.28. The van der Waals surface area contributed by atoms with E-state index < -0.39 is 5.60 Å². The van der Waals surface area contributed by atoms with Crippen LogP contribution in [0, 0.1) is 20.8 Å². The molecule has 0 aliphatic carbocycles. The normalized spacial score (nSPS) is 13.9. The molecule has 1 saturated heterocycles. The van der Waals surface area contributed by atoms with Gasteiger partial charge in [0.05, 0.1) is 11.4 Å². The Morgan fingerprint density at radius 1 is 1.03 bits per heavy atom. The number of carbonyl (C=O) groups excluding carboxylic acids is 1. The highest BCUT2D eigenvalue weighted by Gasteiger charge is 2.34. The van der Waals surface area contributed by atoms with E-state index in [1.807, 2.05) is 65.4 Å². The topological polar surface area (TPSA) is 103 Å². The molecule has 0 atom stereocenters. The highest BCUT2D eigenvalue weighted by Crippen LogP contribution is 2.33. The van der Waals surface area contributed by atoms with Crippen LogP contribution in [-0.2, 0) is 11.8 Å². The van der Waals surface area contributed by atoms with Gasteiger partial charge in [-0.05, 0) is 53.2 Å². The van der Waals surface area contributed by atoms with E-state index in [-0.39, 0.29) is 6.09 Å². The molecule has 5 rings (SSSR count). The van der Waals surface area contributed by atoms with Crippen LogP contribution in [0.2, 0.25) is 0 Å². The quantitative estimate of drug-likeness (QED) is 0.397. The molecule has 0 saturated carbocycles. The molecule has 4 aromatic rings. The molecular formula is C28H34N8O2. The molecule has 1 amide bonds. The number of hydrogen-bond donors (Lipinski definition) is 1. The van der Waals surface area contributed by atoms with E-state index in [1.54, 1.807) is 9.58 Å². The van der Waals surface area contributed by atoms with Crippen LogP contribution >= 0.6 is 0 Å². The summed E-state index contributed by atoms with van der Waals surface area (Å²) in [6, 6.07) is 12.3. The molecule has 1 aliphatic rings. The maximum atomic E-state index is 12.2. The van der Waals surface area contributed by atoms with Crippen molar-refractivity contribution in [3.63, 3.8) is 0 Å². The van der Waals surface area contributed by atoms with E-state index in [0.29, 0.717) is 30.6 Å². The number of nitrogens with zero attached hydrogens (tertiary/aromatic N) is 7. The van der Waals surface area contributed by atoms with Crippen molar-refractivity contribution in [2.45, 2.75) is 53.1 Å². The van der Waals surface area contributed by atoms with E-state index in [4.69, 9.17) is 9.84 Å². The van der Waals surface area contributed by atoms with Gasteiger partial charge in [-0.1, -0.05) is 24.3 Å². The molecule has 0 unspecified atom stereocenters. The first-order valence-corrected chi connectivity index (χ1v) is 12.7. The van der Waals surface area contributed by atoms with E-state index in [2.05, 4.69) is 44.6 Å². The van der Waals surface area contributed by atoms with E-state index >= 15 is 0 Å². The van der Waals surface area contributed by atoms with Crippen molar-refractivity contribution in [1.29, 1.82) is 0 Å². The smallest absolute Gasteiger partial charge is 0.410 e. The van der Waals surface area contributed by atoms with E-state index in [9.17, 15) is 4.79 Å². The zero-order valence-corrected chi connectivity index (χ0v) is 23.0. The average Bonchev–Trinajstić information content (AvgIpc) is 3.30. The number of likely N-dealkylation sites (tertiary alicyclic amines) is 1. The molecule has 1 aliphatic heterocycles. The highest BCUT2D eigenvalue weighted by atomic mass is 16.6. The molecule has 0 radical (unpaired) electrons. The molecule has 38 heavy (non-hydrogen) atoms. The zero-order valence-electron chi connectivity index (χ0n) is 23.0. The van der Waals surface area contributed by atoms with Crippen molar-refractivity contribution in [2.24, 2.45) is 7.05 Å². The summed E-state index contributed by atoms with van der Waals surface area (Å²) >= 11 is 0. The number of rotatable bonds is 5. The monoisotopic (exact) mass is 514 g/mol. The van der Waals surface area contributed by atoms with E-state index in [0.717, 1.165) is 34.0 Å². The zero-order chi connectivity index (χ0) is 27.2. The number of nitrogens with one attached hydrogen (secondary N) is 1. The predicted molar refractivity (Wildman–Crippen MR) is 146 cm³/mol. The first kappa shape index (κ1) is 25.4. The molecule has 1 aromatic carbocycles. The molecule has 1 fully saturated rings. The van der Waals surface area contributed by atoms with Gasteiger partial charge < -0.3 is 15.0 Å². The van der Waals surface area contributed by atoms with Gasteiger partial charge in [-0.3, -0.25) is 4.68 Å². The Balaban J connectivity index is 1.29. The second-order valence-electron chi connectivity index (χ2n) is 10.9. The van der Waals surface area contributed by atoms with Crippen molar-refractivity contribution in [1.82, 2.24) is 34.4 Å². The molecule has 0 bridgehead atoms. The lowest BCUT2D eigenvalue weighted by atomic mass is 9.91. The molecule has 1 N–H and O–H groups in total. The third-order valence-electron chi connectivity index (χ3n) is 6.60. The molecule has 3 aromatic heterocycles. The lowest BCUT2D eigenvalue weighted by Crippen LogP contribution is -2.50. The lowest BCUT2D eigenvalue weighted by Gasteiger charge is -2.40. The second kappa shape index (κ2) is 9.59. The molecule has 10 nitrogen and oxygen atoms in total. The van der Waals surface area contributed by atoms with Crippen molar-refractivity contribution in [3.05, 3.63) is 65.2 Å². The minimum Gasteiger partial charge on any atom is -0.444 e. The number of aryl methyl sites for hydroxylation is 3. The van der Waals surface area contributed by atoms with Crippen LogP contribution < -0.4 is 5.32 Å². The summed E-state index contributed by atoms with van der Waals surface area (Å²) in [5.74, 6) is 2.53. The fourth-order valence-corrected chi connectivity index (χ4v) is 4.67. The molecule has 10 heteroatoms. The van der Waals surface area contributed by atoms with Crippen LogP contribution in [0.5, 0.6) is 0 Å². The summed E-state index contributed by atoms with van der Waals surface area (Å²) in [4.78, 5) is 22.8. The van der Waals surface area contributed by atoms with Crippen LogP contribution in [0.15, 0.2) is 42.7 Å². The largest absolute Gasteiger partial charge is 0.444 e. The summed E-state index contributed by atoms with van der Waals surface area (Å²) in [6.45, 7) is 13.0. The number of benzene rings is 1. The SMILES string of the molecule is Cc1cc(C)n(-c2cc(Nc3c(C)c(-c4ccc(C5CN(C(=O)OC(C)(C)C)C5)cc4)nn3C)ncn2)n1. The standard InChI is InChI=1S/C28H34N8O2/c1-17-12-18(2)36(32-17)24-13-23(29-16-30-24)31-26-19(3)25(33-34(26)7)21-10-8-20(9-11-21)22-14-35(15-22)27(37)38-28(4,5)6/h8-13,16,22H,14-15H2,1-7H3,(H,29,30,31). The van der Waals surface area contributed by atoms with Crippen molar-refractivity contribution in [3.8, 4) is 17.1 Å². The predicted octanol–water partition coefficient (Wildman–Crippen LogP) is 5.07. The fraction of sp³-hybridized carbons (Fsp3) is 0.393. The van der Waals surface area contributed by atoms with Gasteiger partial charge in [-0.2, -0.15) is 10.2 Å². The number of hydrogen-bond acceptors (Lipinski definition) is 7. The number of carbonyl (C=O) groups is 1. The van der Waals surface area contributed by atoms with Crippen LogP contribution in [0.3, 0.4) is 0 Å². The summed E-state index contributed by atoms with van der Waals surface area (Å²) < 4.78 is 9.10. The third-order valence-corrected chi connectivity index (χ3v) is 6.60. The molecule has 198 valence electrons. The van der Waals surface area contributed by atoms with Gasteiger partial charge in [0.2, 0.25) is 0 Å². The Labute approximate surface area is 222 Å². The first-order chi connectivity index (χ1) is 18.0. The van der Waals surface area contributed by atoms with Gasteiger partial charge in [0.15, 0.2) is 5.82 Å². The van der Waals surface area contributed by atoms with Crippen molar-refractivity contribution < 1.29 is 9.53 Å². The van der Waals surface area contributed by atoms with Gasteiger partial charge in [0, 0.05) is 48.9 Å². The number of ether oxygens (including phenoxy) is 1. The minimum atomic E-state index is -0.480. The van der Waals surface area contributed by atoms with Crippen LogP contribution in [-0.4, -0.2) is 59.2 Å². The summed E-state index contributed by atoms with van der Waals surface area (Å²) in [5.41, 5.74) is 5.62.